The Balaban J connectivity index is 2.83. The first-order valence-electron chi connectivity index (χ1n) is 3.04. The van der Waals surface area contributed by atoms with E-state index >= 15 is 0 Å². The maximum Gasteiger partial charge on any atom is 0.218 e. The molecule has 0 amide bonds. The van der Waals surface area contributed by atoms with Gasteiger partial charge in [-0.2, -0.15) is 0 Å². The van der Waals surface area contributed by atoms with Gasteiger partial charge < -0.3 is 0 Å². The van der Waals surface area contributed by atoms with Gasteiger partial charge in [-0.3, -0.25) is 0 Å². The molecule has 2 aromatic heterocycles. The lowest BCUT2D eigenvalue weighted by atomic mass is 10.5. The zero-order valence-corrected chi connectivity index (χ0v) is 8.80. The van der Waals surface area contributed by atoms with Crippen LogP contribution in [0.4, 0.5) is 4.39 Å². The van der Waals surface area contributed by atoms with Crippen molar-refractivity contribution >= 4 is 37.5 Å². The molecule has 0 saturated heterocycles. The molecular formula is C6H2Br2FN3. The number of pyridine rings is 1. The highest BCUT2D eigenvalue weighted by molar-refractivity contribution is 9.10. The Labute approximate surface area is 83.9 Å². The summed E-state index contributed by atoms with van der Waals surface area (Å²) in [7, 11) is 0. The number of halogens is 3. The van der Waals surface area contributed by atoms with E-state index in [2.05, 4.69) is 41.9 Å². The molecule has 0 aromatic carbocycles. The lowest BCUT2D eigenvalue weighted by Crippen LogP contribution is -1.89. The van der Waals surface area contributed by atoms with Gasteiger partial charge in [-0.05, 0) is 31.9 Å². The van der Waals surface area contributed by atoms with E-state index in [1.165, 1.54) is 16.8 Å². The van der Waals surface area contributed by atoms with Crippen LogP contribution in [-0.2, 0) is 0 Å². The van der Waals surface area contributed by atoms with E-state index in [4.69, 9.17) is 0 Å². The molecule has 0 bridgehead atoms. The van der Waals surface area contributed by atoms with E-state index in [9.17, 15) is 4.39 Å². The Hall–Kier alpha value is -0.490. The molecule has 3 nitrogen and oxygen atoms in total. The first kappa shape index (κ1) is 8.12. The zero-order chi connectivity index (χ0) is 8.72. The summed E-state index contributed by atoms with van der Waals surface area (Å²) >= 11 is 6.14. The number of hydrogen-bond donors (Lipinski definition) is 0. The smallest absolute Gasteiger partial charge is 0.218 e. The van der Waals surface area contributed by atoms with Gasteiger partial charge in [0.2, 0.25) is 4.73 Å². The second kappa shape index (κ2) is 2.77. The third-order valence-corrected chi connectivity index (χ3v) is 2.27. The van der Waals surface area contributed by atoms with Gasteiger partial charge in [0, 0.05) is 12.3 Å². The van der Waals surface area contributed by atoms with Gasteiger partial charge >= 0.3 is 0 Å². The van der Waals surface area contributed by atoms with E-state index < -0.39 is 0 Å². The number of rotatable bonds is 0. The molecule has 2 rings (SSSR count). The van der Waals surface area contributed by atoms with Crippen molar-refractivity contribution in [3.63, 3.8) is 0 Å². The Morgan fingerprint density at radius 3 is 2.92 bits per heavy atom. The number of hydrogen-bond acceptors (Lipinski definition) is 2. The van der Waals surface area contributed by atoms with Gasteiger partial charge in [0.05, 0.1) is 4.47 Å². The lowest BCUT2D eigenvalue weighted by molar-refractivity contribution is 0.618. The van der Waals surface area contributed by atoms with Crippen molar-refractivity contribution < 1.29 is 4.39 Å². The molecule has 0 saturated carbocycles. The van der Waals surface area contributed by atoms with Gasteiger partial charge in [0.25, 0.3) is 0 Å². The summed E-state index contributed by atoms with van der Waals surface area (Å²) in [5.41, 5.74) is 0.475. The molecule has 62 valence electrons. The second-order valence-electron chi connectivity index (χ2n) is 2.15. The zero-order valence-electron chi connectivity index (χ0n) is 5.63. The lowest BCUT2D eigenvalue weighted by Gasteiger charge is -1.93. The highest BCUT2D eigenvalue weighted by Crippen LogP contribution is 2.17. The fourth-order valence-electron chi connectivity index (χ4n) is 0.853. The van der Waals surface area contributed by atoms with Crippen molar-refractivity contribution in [2.24, 2.45) is 0 Å². The first-order chi connectivity index (χ1) is 5.66. The van der Waals surface area contributed by atoms with Crippen molar-refractivity contribution in [2.45, 2.75) is 0 Å². The minimum absolute atomic E-state index is 0.345. The van der Waals surface area contributed by atoms with Crippen LogP contribution < -0.4 is 0 Å². The Bertz CT molecular complexity index is 401. The molecule has 0 atom stereocenters. The molecule has 0 aliphatic rings. The minimum Gasteiger partial charge on any atom is -0.219 e. The van der Waals surface area contributed by atoms with Crippen LogP contribution in [-0.4, -0.2) is 14.6 Å². The molecule has 0 aliphatic heterocycles. The van der Waals surface area contributed by atoms with Crippen molar-refractivity contribution in [2.75, 3.05) is 0 Å². The molecule has 0 unspecified atom stereocenters. The van der Waals surface area contributed by atoms with E-state index in [1.54, 1.807) is 0 Å². The summed E-state index contributed by atoms with van der Waals surface area (Å²) in [6, 6.07) is 1.31. The van der Waals surface area contributed by atoms with Crippen LogP contribution in [0.25, 0.3) is 5.65 Å². The van der Waals surface area contributed by atoms with Gasteiger partial charge in [-0.15, -0.1) is 5.10 Å². The van der Waals surface area contributed by atoms with Gasteiger partial charge in [-0.25, -0.2) is 13.9 Å². The predicted molar refractivity (Wildman–Crippen MR) is 48.3 cm³/mol. The molecule has 2 aromatic rings. The average Bonchev–Trinajstić information content (AvgIpc) is 2.30. The summed E-state index contributed by atoms with van der Waals surface area (Å²) in [6.45, 7) is 0. The maximum absolute atomic E-state index is 12.9. The second-order valence-corrected chi connectivity index (χ2v) is 3.72. The van der Waals surface area contributed by atoms with Crippen LogP contribution in [0, 0.1) is 5.82 Å². The highest BCUT2D eigenvalue weighted by atomic mass is 79.9. The summed E-state index contributed by atoms with van der Waals surface area (Å²) in [6.07, 6.45) is 1.52. The van der Waals surface area contributed by atoms with E-state index in [0.717, 1.165) is 0 Å². The summed E-state index contributed by atoms with van der Waals surface area (Å²) in [5, 5.41) is 3.94. The fraction of sp³-hybridized carbons (Fsp3) is 0. The molecule has 0 aliphatic carbocycles. The van der Waals surface area contributed by atoms with Gasteiger partial charge in [0.1, 0.15) is 5.82 Å². The fourth-order valence-corrected chi connectivity index (χ4v) is 1.51. The third kappa shape index (κ3) is 1.25. The topological polar surface area (TPSA) is 30.2 Å². The Kier molecular flexibility index (Phi) is 1.88. The van der Waals surface area contributed by atoms with Crippen LogP contribution in [0.2, 0.25) is 0 Å². The molecule has 12 heavy (non-hydrogen) atoms. The molecule has 0 N–H and O–H groups in total. The number of nitrogens with zero attached hydrogens (tertiary/aromatic N) is 3. The Morgan fingerprint density at radius 1 is 1.42 bits per heavy atom. The van der Waals surface area contributed by atoms with Gasteiger partial charge in [0.15, 0.2) is 5.65 Å². The number of aromatic nitrogens is 3. The van der Waals surface area contributed by atoms with Crippen molar-refractivity contribution in [1.82, 2.24) is 14.6 Å². The summed E-state index contributed by atoms with van der Waals surface area (Å²) in [5.74, 6) is -0.345. The number of fused-ring (bicyclic) bond motifs is 1. The molecular weight excluding hydrogens is 293 g/mol. The van der Waals surface area contributed by atoms with Crippen LogP contribution >= 0.6 is 31.9 Å². The van der Waals surface area contributed by atoms with E-state index in [0.29, 0.717) is 14.9 Å². The average molecular weight is 295 g/mol. The molecule has 0 fully saturated rings. The largest absolute Gasteiger partial charge is 0.219 e. The SMILES string of the molecule is Fc1cc2nc(Br)nn2cc1Br. The van der Waals surface area contributed by atoms with Crippen LogP contribution in [0.15, 0.2) is 21.5 Å². The normalized spacial score (nSPS) is 10.9. The predicted octanol–water partition coefficient (Wildman–Crippen LogP) is 2.39. The highest BCUT2D eigenvalue weighted by Gasteiger charge is 2.04. The first-order valence-corrected chi connectivity index (χ1v) is 4.62. The molecule has 6 heteroatoms. The maximum atomic E-state index is 12.9. The van der Waals surface area contributed by atoms with Crippen molar-refractivity contribution in [3.8, 4) is 0 Å². The summed E-state index contributed by atoms with van der Waals surface area (Å²) in [4.78, 5) is 3.92. The standard InChI is InChI=1S/C6H2Br2FN3/c7-3-2-12-5(1-4(3)9)10-6(8)11-12/h1-2H. The third-order valence-electron chi connectivity index (χ3n) is 1.35. The van der Waals surface area contributed by atoms with Crippen LogP contribution in [0.5, 0.6) is 0 Å². The van der Waals surface area contributed by atoms with Crippen molar-refractivity contribution in [3.05, 3.63) is 27.3 Å². The Morgan fingerprint density at radius 2 is 2.17 bits per heavy atom. The summed E-state index contributed by atoms with van der Waals surface area (Å²) < 4.78 is 15.2. The van der Waals surface area contributed by atoms with Crippen molar-refractivity contribution in [1.29, 1.82) is 0 Å². The quantitative estimate of drug-likeness (QED) is 0.747. The molecule has 0 radical (unpaired) electrons. The molecule has 2 heterocycles. The van der Waals surface area contributed by atoms with E-state index in [-0.39, 0.29) is 5.82 Å². The van der Waals surface area contributed by atoms with Crippen LogP contribution in [0.3, 0.4) is 0 Å². The minimum atomic E-state index is -0.345. The monoisotopic (exact) mass is 293 g/mol. The van der Waals surface area contributed by atoms with Gasteiger partial charge in [-0.1, -0.05) is 0 Å². The van der Waals surface area contributed by atoms with Crippen LogP contribution in [0.1, 0.15) is 0 Å². The van der Waals surface area contributed by atoms with E-state index in [1.807, 2.05) is 0 Å². The molecule has 0 spiro atoms.